The van der Waals surface area contributed by atoms with E-state index in [4.69, 9.17) is 0 Å². The quantitative estimate of drug-likeness (QED) is 0.832. The molecule has 4 nitrogen and oxygen atoms in total. The van der Waals surface area contributed by atoms with Gasteiger partial charge in [0.2, 0.25) is 0 Å². The number of unbranched alkanes of at least 4 members (excludes halogenated alkanes) is 2. The summed E-state index contributed by atoms with van der Waals surface area (Å²) in [5.74, 6) is 0. The predicted molar refractivity (Wildman–Crippen MR) is 78.0 cm³/mol. The summed E-state index contributed by atoms with van der Waals surface area (Å²) in [5, 5.41) is 9.90. The summed E-state index contributed by atoms with van der Waals surface area (Å²) >= 11 is 0. The van der Waals surface area contributed by atoms with Crippen LogP contribution in [0.2, 0.25) is 0 Å². The normalized spacial score (nSPS) is 10.9. The highest BCUT2D eigenvalue weighted by atomic mass is 16.3. The molecule has 19 heavy (non-hydrogen) atoms. The van der Waals surface area contributed by atoms with Crippen molar-refractivity contribution in [3.63, 3.8) is 0 Å². The first-order valence-corrected chi connectivity index (χ1v) is 6.82. The van der Waals surface area contributed by atoms with Gasteiger partial charge in [-0.25, -0.2) is 4.98 Å². The second kappa shape index (κ2) is 5.87. The Hall–Kier alpha value is -1.84. The van der Waals surface area contributed by atoms with Crippen molar-refractivity contribution in [3.8, 4) is 6.01 Å². The lowest BCUT2D eigenvalue weighted by Crippen LogP contribution is -1.97. The highest BCUT2D eigenvalue weighted by Crippen LogP contribution is 2.21. The first kappa shape index (κ1) is 13.6. The van der Waals surface area contributed by atoms with Crippen molar-refractivity contribution in [3.05, 3.63) is 23.4 Å². The third kappa shape index (κ3) is 3.13. The topological polar surface area (TPSA) is 50.9 Å². The summed E-state index contributed by atoms with van der Waals surface area (Å²) in [4.78, 5) is 8.41. The number of imidazole rings is 1. The Kier molecular flexibility index (Phi) is 4.20. The van der Waals surface area contributed by atoms with Gasteiger partial charge in [-0.3, -0.25) is 4.57 Å². The molecule has 2 aromatic rings. The van der Waals surface area contributed by atoms with Crippen LogP contribution in [0.15, 0.2) is 17.8 Å². The second-order valence-electron chi connectivity index (χ2n) is 5.10. The van der Waals surface area contributed by atoms with Crippen LogP contribution in [0.1, 0.15) is 45.6 Å². The number of aryl methyl sites for hydroxylation is 1. The Morgan fingerprint density at radius 2 is 2.16 bits per heavy atom. The van der Waals surface area contributed by atoms with E-state index in [2.05, 4.69) is 36.8 Å². The van der Waals surface area contributed by atoms with Crippen LogP contribution in [0.3, 0.4) is 0 Å². The molecule has 0 saturated carbocycles. The van der Waals surface area contributed by atoms with Crippen molar-refractivity contribution in [2.75, 3.05) is 0 Å². The molecule has 0 unspecified atom stereocenters. The smallest absolute Gasteiger partial charge is 0.296 e. The Morgan fingerprint density at radius 1 is 1.37 bits per heavy atom. The van der Waals surface area contributed by atoms with E-state index in [1.807, 2.05) is 10.6 Å². The maximum absolute atomic E-state index is 9.90. The number of aromatic hydroxyl groups is 1. The molecule has 4 heteroatoms. The maximum Gasteiger partial charge on any atom is 0.296 e. The van der Waals surface area contributed by atoms with Crippen molar-refractivity contribution in [2.24, 2.45) is 0 Å². The summed E-state index contributed by atoms with van der Waals surface area (Å²) in [7, 11) is 0. The maximum atomic E-state index is 9.90. The lowest BCUT2D eigenvalue weighted by atomic mass is 10.2. The van der Waals surface area contributed by atoms with Gasteiger partial charge in [-0.1, -0.05) is 31.4 Å². The number of rotatable bonds is 5. The Bertz CT molecular complexity index is 595. The standard InChI is InChI=1S/C15H21N3O/c1-4-5-6-7-18-13-9-12(8-11(2)3)10-16-14(13)17-15(18)19/h8-10H,4-7H2,1-3H3,(H,16,17,19). The van der Waals surface area contributed by atoms with Crippen LogP contribution < -0.4 is 0 Å². The molecule has 2 rings (SSSR count). The van der Waals surface area contributed by atoms with Gasteiger partial charge in [0, 0.05) is 12.7 Å². The van der Waals surface area contributed by atoms with Gasteiger partial charge in [-0.15, -0.1) is 0 Å². The summed E-state index contributed by atoms with van der Waals surface area (Å²) in [5.41, 5.74) is 3.79. The highest BCUT2D eigenvalue weighted by molar-refractivity contribution is 5.75. The highest BCUT2D eigenvalue weighted by Gasteiger charge is 2.10. The molecule has 0 amide bonds. The van der Waals surface area contributed by atoms with Crippen molar-refractivity contribution in [1.29, 1.82) is 0 Å². The molecule has 0 aromatic carbocycles. The summed E-state index contributed by atoms with van der Waals surface area (Å²) in [6, 6.07) is 2.10. The number of pyridine rings is 1. The van der Waals surface area contributed by atoms with E-state index in [0.717, 1.165) is 36.9 Å². The van der Waals surface area contributed by atoms with Crippen LogP contribution in [-0.4, -0.2) is 19.6 Å². The van der Waals surface area contributed by atoms with Crippen LogP contribution in [-0.2, 0) is 6.54 Å². The molecule has 0 saturated heterocycles. The Morgan fingerprint density at radius 3 is 2.84 bits per heavy atom. The van der Waals surface area contributed by atoms with E-state index >= 15 is 0 Å². The summed E-state index contributed by atoms with van der Waals surface area (Å²) in [6.45, 7) is 7.07. The Labute approximate surface area is 113 Å². The molecule has 0 atom stereocenters. The molecule has 0 aliphatic rings. The van der Waals surface area contributed by atoms with E-state index in [-0.39, 0.29) is 6.01 Å². The average Bonchev–Trinajstić information content (AvgIpc) is 2.65. The molecule has 2 heterocycles. The zero-order chi connectivity index (χ0) is 13.8. The zero-order valence-corrected chi connectivity index (χ0v) is 11.8. The van der Waals surface area contributed by atoms with Gasteiger partial charge < -0.3 is 5.11 Å². The van der Waals surface area contributed by atoms with Gasteiger partial charge in [0.05, 0.1) is 5.52 Å². The Balaban J connectivity index is 2.38. The van der Waals surface area contributed by atoms with Crippen molar-refractivity contribution in [1.82, 2.24) is 14.5 Å². The first-order valence-electron chi connectivity index (χ1n) is 6.82. The van der Waals surface area contributed by atoms with Gasteiger partial charge in [-0.2, -0.15) is 4.98 Å². The van der Waals surface area contributed by atoms with Crippen molar-refractivity contribution >= 4 is 17.2 Å². The first-order chi connectivity index (χ1) is 9.11. The minimum atomic E-state index is 0.0629. The number of hydrogen-bond acceptors (Lipinski definition) is 3. The number of fused-ring (bicyclic) bond motifs is 1. The molecular formula is C15H21N3O. The number of allylic oxidation sites excluding steroid dienone is 1. The van der Waals surface area contributed by atoms with Crippen LogP contribution >= 0.6 is 0 Å². The molecule has 0 aliphatic carbocycles. The third-order valence-electron chi connectivity index (χ3n) is 3.05. The van der Waals surface area contributed by atoms with E-state index in [1.54, 1.807) is 6.20 Å². The van der Waals surface area contributed by atoms with Gasteiger partial charge in [0.25, 0.3) is 6.01 Å². The fourth-order valence-electron chi connectivity index (χ4n) is 2.16. The monoisotopic (exact) mass is 259 g/mol. The molecule has 0 fully saturated rings. The zero-order valence-electron chi connectivity index (χ0n) is 11.8. The largest absolute Gasteiger partial charge is 0.480 e. The van der Waals surface area contributed by atoms with Gasteiger partial charge in [0.1, 0.15) is 0 Å². The van der Waals surface area contributed by atoms with Crippen LogP contribution in [0.25, 0.3) is 17.2 Å². The molecule has 0 aliphatic heterocycles. The van der Waals surface area contributed by atoms with E-state index in [0.29, 0.717) is 5.65 Å². The number of aromatic nitrogens is 3. The van der Waals surface area contributed by atoms with Crippen molar-refractivity contribution in [2.45, 2.75) is 46.6 Å². The fraction of sp³-hybridized carbons (Fsp3) is 0.467. The van der Waals surface area contributed by atoms with Gasteiger partial charge >= 0.3 is 0 Å². The van der Waals surface area contributed by atoms with Crippen LogP contribution in [0, 0.1) is 0 Å². The fourth-order valence-corrected chi connectivity index (χ4v) is 2.16. The minimum Gasteiger partial charge on any atom is -0.480 e. The summed E-state index contributed by atoms with van der Waals surface area (Å²) < 4.78 is 1.85. The predicted octanol–water partition coefficient (Wildman–Crippen LogP) is 3.75. The number of nitrogens with zero attached hydrogens (tertiary/aromatic N) is 3. The SMILES string of the molecule is CCCCCn1c(O)nc2ncc(C=C(C)C)cc21. The molecule has 0 radical (unpaired) electrons. The lowest BCUT2D eigenvalue weighted by Gasteiger charge is -2.05. The summed E-state index contributed by atoms with van der Waals surface area (Å²) in [6.07, 6.45) is 7.22. The minimum absolute atomic E-state index is 0.0629. The molecule has 0 spiro atoms. The molecule has 0 bridgehead atoms. The van der Waals surface area contributed by atoms with Crippen LogP contribution in [0.5, 0.6) is 6.01 Å². The molecule has 102 valence electrons. The van der Waals surface area contributed by atoms with E-state index < -0.39 is 0 Å². The average molecular weight is 259 g/mol. The van der Waals surface area contributed by atoms with Gasteiger partial charge in [0.15, 0.2) is 5.65 Å². The molecule has 1 N–H and O–H groups in total. The second-order valence-corrected chi connectivity index (χ2v) is 5.10. The number of hydrogen-bond donors (Lipinski definition) is 1. The van der Waals surface area contributed by atoms with Crippen LogP contribution in [0.4, 0.5) is 0 Å². The lowest BCUT2D eigenvalue weighted by molar-refractivity contribution is 0.397. The van der Waals surface area contributed by atoms with E-state index in [9.17, 15) is 5.11 Å². The van der Waals surface area contributed by atoms with Crippen molar-refractivity contribution < 1.29 is 5.11 Å². The van der Waals surface area contributed by atoms with E-state index in [1.165, 1.54) is 5.57 Å². The molecule has 2 aromatic heterocycles. The third-order valence-corrected chi connectivity index (χ3v) is 3.05. The molecular weight excluding hydrogens is 238 g/mol. The van der Waals surface area contributed by atoms with Gasteiger partial charge in [-0.05, 0) is 31.9 Å².